The lowest BCUT2D eigenvalue weighted by Crippen LogP contribution is -2.31. The van der Waals surface area contributed by atoms with E-state index in [2.05, 4.69) is 15.9 Å². The Balaban J connectivity index is 2.47. The summed E-state index contributed by atoms with van der Waals surface area (Å²) in [4.78, 5) is 15.5. The van der Waals surface area contributed by atoms with Crippen molar-refractivity contribution in [2.24, 2.45) is 0 Å². The number of rotatable bonds is 4. The SMILES string of the molecule is CCN(CC)C(=O)c1c(N)sc(-c2ccc(Br)cc2)c1C. The predicted molar refractivity (Wildman–Crippen MR) is 93.9 cm³/mol. The number of halogens is 1. The fraction of sp³-hybridized carbons (Fsp3) is 0.312. The number of amides is 1. The van der Waals surface area contributed by atoms with Crippen LogP contribution in [-0.2, 0) is 0 Å². The first-order valence-electron chi connectivity index (χ1n) is 6.93. The van der Waals surface area contributed by atoms with Crippen LogP contribution < -0.4 is 5.73 Å². The minimum Gasteiger partial charge on any atom is -0.390 e. The maximum atomic E-state index is 12.6. The van der Waals surface area contributed by atoms with Crippen LogP contribution in [0, 0.1) is 6.92 Å². The summed E-state index contributed by atoms with van der Waals surface area (Å²) in [7, 11) is 0. The first-order valence-corrected chi connectivity index (χ1v) is 8.54. The Kier molecular flexibility index (Phi) is 5.06. The summed E-state index contributed by atoms with van der Waals surface area (Å²) in [5.41, 5.74) is 8.83. The topological polar surface area (TPSA) is 46.3 Å². The number of carbonyl (C=O) groups excluding carboxylic acids is 1. The number of anilines is 1. The summed E-state index contributed by atoms with van der Waals surface area (Å²) in [5.74, 6) is 0.0228. The van der Waals surface area contributed by atoms with E-state index < -0.39 is 0 Å². The van der Waals surface area contributed by atoms with Crippen LogP contribution in [0.3, 0.4) is 0 Å². The van der Waals surface area contributed by atoms with Crippen LogP contribution in [0.1, 0.15) is 29.8 Å². The second-order valence-corrected chi connectivity index (χ2v) is 6.75. The van der Waals surface area contributed by atoms with E-state index in [0.717, 1.165) is 20.5 Å². The van der Waals surface area contributed by atoms with Crippen molar-refractivity contribution < 1.29 is 4.79 Å². The van der Waals surface area contributed by atoms with E-state index in [4.69, 9.17) is 5.73 Å². The van der Waals surface area contributed by atoms with Crippen molar-refractivity contribution in [2.75, 3.05) is 18.8 Å². The minimum absolute atomic E-state index is 0.0228. The molecule has 0 atom stereocenters. The summed E-state index contributed by atoms with van der Waals surface area (Å²) in [5, 5.41) is 0.599. The lowest BCUT2D eigenvalue weighted by atomic mass is 10.1. The van der Waals surface area contributed by atoms with Crippen molar-refractivity contribution in [2.45, 2.75) is 20.8 Å². The summed E-state index contributed by atoms with van der Waals surface area (Å²) < 4.78 is 1.04. The highest BCUT2D eigenvalue weighted by molar-refractivity contribution is 9.10. The Morgan fingerprint density at radius 2 is 1.81 bits per heavy atom. The van der Waals surface area contributed by atoms with Crippen molar-refractivity contribution in [3.05, 3.63) is 39.9 Å². The Hall–Kier alpha value is -1.33. The fourth-order valence-electron chi connectivity index (χ4n) is 2.35. The second kappa shape index (κ2) is 6.62. The van der Waals surface area contributed by atoms with Crippen LogP contribution >= 0.6 is 27.3 Å². The van der Waals surface area contributed by atoms with Crippen LogP contribution in [0.5, 0.6) is 0 Å². The fourth-order valence-corrected chi connectivity index (χ4v) is 3.68. The second-order valence-electron chi connectivity index (χ2n) is 4.78. The van der Waals surface area contributed by atoms with Gasteiger partial charge in [0.1, 0.15) is 0 Å². The van der Waals surface area contributed by atoms with Crippen molar-refractivity contribution in [3.8, 4) is 10.4 Å². The number of nitrogen functional groups attached to an aromatic ring is 1. The highest BCUT2D eigenvalue weighted by Crippen LogP contribution is 2.39. The molecule has 1 amide bonds. The summed E-state index contributed by atoms with van der Waals surface area (Å²) >= 11 is 4.92. The van der Waals surface area contributed by atoms with Crippen molar-refractivity contribution in [1.82, 2.24) is 4.90 Å². The van der Waals surface area contributed by atoms with Gasteiger partial charge in [0.15, 0.2) is 0 Å². The van der Waals surface area contributed by atoms with E-state index in [1.54, 1.807) is 4.90 Å². The molecule has 0 saturated heterocycles. The minimum atomic E-state index is 0.0228. The molecular formula is C16H19BrN2OS. The van der Waals surface area contributed by atoms with E-state index in [9.17, 15) is 4.79 Å². The smallest absolute Gasteiger partial charge is 0.257 e. The van der Waals surface area contributed by atoms with Crippen LogP contribution in [-0.4, -0.2) is 23.9 Å². The molecule has 0 aliphatic rings. The first-order chi connectivity index (χ1) is 9.99. The Labute approximate surface area is 137 Å². The van der Waals surface area contributed by atoms with E-state index in [0.29, 0.717) is 23.7 Å². The lowest BCUT2D eigenvalue weighted by Gasteiger charge is -2.19. The molecule has 1 aromatic carbocycles. The zero-order valence-electron chi connectivity index (χ0n) is 12.4. The molecule has 21 heavy (non-hydrogen) atoms. The largest absolute Gasteiger partial charge is 0.390 e. The molecule has 0 saturated carbocycles. The normalized spacial score (nSPS) is 10.7. The van der Waals surface area contributed by atoms with Gasteiger partial charge in [0.25, 0.3) is 5.91 Å². The molecule has 0 bridgehead atoms. The maximum Gasteiger partial charge on any atom is 0.257 e. The van der Waals surface area contributed by atoms with Gasteiger partial charge in [0.2, 0.25) is 0 Å². The van der Waals surface area contributed by atoms with Gasteiger partial charge in [-0.05, 0) is 44.0 Å². The van der Waals surface area contributed by atoms with Crippen molar-refractivity contribution >= 4 is 38.2 Å². The van der Waals surface area contributed by atoms with Gasteiger partial charge in [0, 0.05) is 22.4 Å². The van der Waals surface area contributed by atoms with Gasteiger partial charge in [-0.15, -0.1) is 11.3 Å². The maximum absolute atomic E-state index is 12.6. The molecule has 0 aliphatic carbocycles. The van der Waals surface area contributed by atoms with E-state index in [1.165, 1.54) is 11.3 Å². The molecule has 1 aromatic heterocycles. The van der Waals surface area contributed by atoms with Gasteiger partial charge in [-0.25, -0.2) is 0 Å². The number of nitrogens with two attached hydrogens (primary N) is 1. The van der Waals surface area contributed by atoms with E-state index in [-0.39, 0.29) is 5.91 Å². The van der Waals surface area contributed by atoms with E-state index >= 15 is 0 Å². The zero-order valence-corrected chi connectivity index (χ0v) is 14.8. The molecule has 0 unspecified atom stereocenters. The molecule has 2 N–H and O–H groups in total. The quantitative estimate of drug-likeness (QED) is 0.862. The molecule has 0 aliphatic heterocycles. The predicted octanol–water partition coefficient (Wildman–Crippen LogP) is 4.55. The average Bonchev–Trinajstić information content (AvgIpc) is 2.76. The Morgan fingerprint density at radius 3 is 2.33 bits per heavy atom. The number of benzene rings is 1. The van der Waals surface area contributed by atoms with Gasteiger partial charge >= 0.3 is 0 Å². The van der Waals surface area contributed by atoms with Gasteiger partial charge in [-0.2, -0.15) is 0 Å². The number of thiophene rings is 1. The van der Waals surface area contributed by atoms with Gasteiger partial charge in [0.05, 0.1) is 10.6 Å². The zero-order chi connectivity index (χ0) is 15.6. The molecule has 0 fully saturated rings. The summed E-state index contributed by atoms with van der Waals surface area (Å²) in [6.07, 6.45) is 0. The molecule has 5 heteroatoms. The van der Waals surface area contributed by atoms with Crippen LogP contribution in [0.25, 0.3) is 10.4 Å². The standard InChI is InChI=1S/C16H19BrN2OS/c1-4-19(5-2)16(20)13-10(3)14(21-15(13)18)11-6-8-12(17)9-7-11/h6-9H,4-5,18H2,1-3H3. The van der Waals surface area contributed by atoms with Gasteiger partial charge < -0.3 is 10.6 Å². The number of hydrogen-bond donors (Lipinski definition) is 1. The molecule has 0 radical (unpaired) electrons. The van der Waals surface area contributed by atoms with Crippen LogP contribution in [0.15, 0.2) is 28.7 Å². The number of nitrogens with zero attached hydrogens (tertiary/aromatic N) is 1. The molecule has 1 heterocycles. The third-order valence-corrected chi connectivity index (χ3v) is 5.24. The highest BCUT2D eigenvalue weighted by Gasteiger charge is 2.23. The number of hydrogen-bond acceptors (Lipinski definition) is 3. The molecular weight excluding hydrogens is 348 g/mol. The molecule has 3 nitrogen and oxygen atoms in total. The monoisotopic (exact) mass is 366 g/mol. The third kappa shape index (κ3) is 3.14. The Bertz CT molecular complexity index is 645. The van der Waals surface area contributed by atoms with E-state index in [1.807, 2.05) is 45.0 Å². The Morgan fingerprint density at radius 1 is 1.24 bits per heavy atom. The molecule has 2 rings (SSSR count). The first kappa shape index (κ1) is 16.0. The number of carbonyl (C=O) groups is 1. The molecule has 0 spiro atoms. The molecule has 2 aromatic rings. The van der Waals surface area contributed by atoms with Crippen molar-refractivity contribution in [3.63, 3.8) is 0 Å². The average molecular weight is 367 g/mol. The summed E-state index contributed by atoms with van der Waals surface area (Å²) in [6.45, 7) is 7.32. The highest BCUT2D eigenvalue weighted by atomic mass is 79.9. The van der Waals surface area contributed by atoms with Crippen molar-refractivity contribution in [1.29, 1.82) is 0 Å². The van der Waals surface area contributed by atoms with Gasteiger partial charge in [-0.1, -0.05) is 28.1 Å². The lowest BCUT2D eigenvalue weighted by molar-refractivity contribution is 0.0774. The van der Waals surface area contributed by atoms with Crippen LogP contribution in [0.2, 0.25) is 0 Å². The van der Waals surface area contributed by atoms with Crippen LogP contribution in [0.4, 0.5) is 5.00 Å². The molecule has 112 valence electrons. The van der Waals surface area contributed by atoms with Gasteiger partial charge in [-0.3, -0.25) is 4.79 Å². The third-order valence-electron chi connectivity index (χ3n) is 3.54. The summed E-state index contributed by atoms with van der Waals surface area (Å²) in [6, 6.07) is 8.06.